The Morgan fingerprint density at radius 1 is 1.00 bits per heavy atom. The van der Waals surface area contributed by atoms with Crippen LogP contribution in [-0.4, -0.2) is 31.0 Å². The summed E-state index contributed by atoms with van der Waals surface area (Å²) in [6.07, 6.45) is 2.40. The molecule has 6 nitrogen and oxygen atoms in total. The van der Waals surface area contributed by atoms with Crippen LogP contribution in [0.2, 0.25) is 0 Å². The summed E-state index contributed by atoms with van der Waals surface area (Å²) in [5.41, 5.74) is 2.67. The van der Waals surface area contributed by atoms with Crippen molar-refractivity contribution >= 4 is 21.6 Å². The number of pyridine rings is 1. The summed E-state index contributed by atoms with van der Waals surface area (Å²) in [6.45, 7) is 0.0726. The van der Waals surface area contributed by atoms with Crippen LogP contribution in [-0.2, 0) is 27.4 Å². The molecule has 36 heavy (non-hydrogen) atoms. The number of sulfonamides is 1. The van der Waals surface area contributed by atoms with E-state index in [0.717, 1.165) is 46.5 Å². The third kappa shape index (κ3) is 7.76. The van der Waals surface area contributed by atoms with Gasteiger partial charge in [0, 0.05) is 30.9 Å². The molecule has 10 heteroatoms. The van der Waals surface area contributed by atoms with Crippen molar-refractivity contribution in [1.29, 1.82) is 0 Å². The first-order chi connectivity index (χ1) is 17.1. The van der Waals surface area contributed by atoms with Crippen LogP contribution in [0.3, 0.4) is 0 Å². The van der Waals surface area contributed by atoms with Crippen molar-refractivity contribution < 1.29 is 31.5 Å². The van der Waals surface area contributed by atoms with Crippen LogP contribution in [0.1, 0.15) is 41.5 Å². The van der Waals surface area contributed by atoms with Gasteiger partial charge in [0.05, 0.1) is 10.5 Å². The van der Waals surface area contributed by atoms with Gasteiger partial charge in [0.25, 0.3) is 0 Å². The van der Waals surface area contributed by atoms with Gasteiger partial charge in [-0.05, 0) is 66.3 Å². The summed E-state index contributed by atoms with van der Waals surface area (Å²) in [7, 11) is -3.94. The number of unbranched alkanes of at least 4 members (excludes halogenated alkanes) is 1. The van der Waals surface area contributed by atoms with Crippen molar-refractivity contribution in [2.45, 2.75) is 36.8 Å². The number of nitrogens with one attached hydrogen (secondary N) is 1. The minimum atomic E-state index is -4.54. The van der Waals surface area contributed by atoms with E-state index in [9.17, 15) is 26.4 Å². The highest BCUT2D eigenvalue weighted by molar-refractivity contribution is 7.89. The maximum atomic E-state index is 12.7. The Morgan fingerprint density at radius 3 is 2.28 bits per heavy atom. The molecule has 2 aromatic carbocycles. The Balaban J connectivity index is 1.64. The molecule has 0 aliphatic heterocycles. The molecule has 0 fully saturated rings. The van der Waals surface area contributed by atoms with Crippen molar-refractivity contribution in [2.75, 3.05) is 6.54 Å². The molecule has 0 amide bonds. The largest absolute Gasteiger partial charge is 0.481 e. The number of nitrogens with zero attached hydrogens (tertiary/aromatic N) is 1. The number of aromatic nitrogens is 1. The van der Waals surface area contributed by atoms with Crippen LogP contribution in [0.5, 0.6) is 0 Å². The fraction of sp³-hybridized carbons (Fsp3) is 0.231. The summed E-state index contributed by atoms with van der Waals surface area (Å²) in [5, 5.41) is 8.85. The van der Waals surface area contributed by atoms with Crippen LogP contribution >= 0.6 is 0 Å². The molecule has 0 aliphatic carbocycles. The lowest BCUT2D eigenvalue weighted by atomic mass is 9.96. The van der Waals surface area contributed by atoms with E-state index in [4.69, 9.17) is 5.11 Å². The van der Waals surface area contributed by atoms with Crippen LogP contribution in [0.4, 0.5) is 13.2 Å². The third-order valence-electron chi connectivity index (χ3n) is 5.38. The van der Waals surface area contributed by atoms with E-state index in [2.05, 4.69) is 9.71 Å². The second-order valence-corrected chi connectivity index (χ2v) is 9.78. The molecule has 0 radical (unpaired) electrons. The van der Waals surface area contributed by atoms with Gasteiger partial charge >= 0.3 is 12.1 Å². The number of halogens is 3. The maximum Gasteiger partial charge on any atom is 0.416 e. The Hall–Kier alpha value is -3.50. The van der Waals surface area contributed by atoms with E-state index in [1.165, 1.54) is 0 Å². The Bertz CT molecular complexity index is 1290. The van der Waals surface area contributed by atoms with Crippen LogP contribution in [0.15, 0.2) is 84.0 Å². The van der Waals surface area contributed by atoms with Crippen LogP contribution in [0.25, 0.3) is 5.57 Å². The molecule has 0 unspecified atom stereocenters. The van der Waals surface area contributed by atoms with E-state index >= 15 is 0 Å². The average Bonchev–Trinajstić information content (AvgIpc) is 2.84. The Morgan fingerprint density at radius 2 is 1.69 bits per heavy atom. The summed E-state index contributed by atoms with van der Waals surface area (Å²) in [6, 6.07) is 14.6. The van der Waals surface area contributed by atoms with Crippen molar-refractivity contribution in [1.82, 2.24) is 9.71 Å². The van der Waals surface area contributed by atoms with Crippen LogP contribution in [0, 0.1) is 0 Å². The summed E-state index contributed by atoms with van der Waals surface area (Å²) in [5.74, 6) is -0.843. The monoisotopic (exact) mass is 518 g/mol. The molecule has 0 spiro atoms. The van der Waals surface area contributed by atoms with Gasteiger partial charge in [-0.1, -0.05) is 36.4 Å². The Kier molecular flexibility index (Phi) is 9.00. The lowest BCUT2D eigenvalue weighted by Crippen LogP contribution is -2.26. The van der Waals surface area contributed by atoms with Gasteiger partial charge in [-0.15, -0.1) is 0 Å². The molecule has 0 saturated carbocycles. The van der Waals surface area contributed by atoms with Gasteiger partial charge in [-0.2, -0.15) is 13.2 Å². The molecule has 3 aromatic rings. The molecule has 2 N–H and O–H groups in total. The molecular formula is C26H25F3N2O4S. The van der Waals surface area contributed by atoms with Gasteiger partial charge in [-0.3, -0.25) is 9.78 Å². The number of carboxylic acid groups (broad SMARTS) is 1. The minimum Gasteiger partial charge on any atom is -0.481 e. The number of hydrogen-bond acceptors (Lipinski definition) is 4. The standard InChI is InChI=1S/C26H25F3N2O4S/c27-26(28,29)22-11-13-23(14-12-22)36(34,35)31-17-15-19-7-9-20(10-8-19)24(5-1-2-6-25(32)33)21-4-3-16-30-18-21/h3-5,7-14,16,18,31H,1-2,6,15,17H2,(H,32,33). The average molecular weight is 519 g/mol. The summed E-state index contributed by atoms with van der Waals surface area (Å²) >= 11 is 0. The lowest BCUT2D eigenvalue weighted by Gasteiger charge is -2.11. The first-order valence-corrected chi connectivity index (χ1v) is 12.6. The fourth-order valence-corrected chi connectivity index (χ4v) is 4.54. The predicted molar refractivity (Wildman–Crippen MR) is 130 cm³/mol. The number of carbonyl (C=O) groups is 1. The second kappa shape index (κ2) is 12.0. The number of hydrogen-bond donors (Lipinski definition) is 2. The SMILES string of the molecule is O=C(O)CCCC=C(c1ccc(CCNS(=O)(=O)c2ccc(C(F)(F)F)cc2)cc1)c1cccnc1. The van der Waals surface area contributed by atoms with Crippen molar-refractivity contribution in [3.63, 3.8) is 0 Å². The number of rotatable bonds is 11. The van der Waals surface area contributed by atoms with Gasteiger partial charge in [0.15, 0.2) is 0 Å². The van der Waals surface area contributed by atoms with E-state index in [1.54, 1.807) is 12.4 Å². The van der Waals surface area contributed by atoms with E-state index in [1.807, 2.05) is 42.5 Å². The zero-order chi connectivity index (χ0) is 26.2. The Labute approximate surface area is 207 Å². The molecule has 0 bridgehead atoms. The first-order valence-electron chi connectivity index (χ1n) is 11.1. The molecule has 1 aromatic heterocycles. The number of allylic oxidation sites excluding steroid dienone is 1. The number of alkyl halides is 3. The maximum absolute atomic E-state index is 12.7. The topological polar surface area (TPSA) is 96.4 Å². The van der Waals surface area contributed by atoms with Gasteiger partial charge in [-0.25, -0.2) is 13.1 Å². The van der Waals surface area contributed by atoms with E-state index in [0.29, 0.717) is 19.3 Å². The van der Waals surface area contributed by atoms with E-state index in [-0.39, 0.29) is 17.9 Å². The highest BCUT2D eigenvalue weighted by Gasteiger charge is 2.30. The highest BCUT2D eigenvalue weighted by atomic mass is 32.2. The van der Waals surface area contributed by atoms with Gasteiger partial charge in [0.1, 0.15) is 0 Å². The molecule has 3 rings (SSSR count). The lowest BCUT2D eigenvalue weighted by molar-refractivity contribution is -0.138. The third-order valence-corrected chi connectivity index (χ3v) is 6.86. The van der Waals surface area contributed by atoms with Crippen molar-refractivity contribution in [2.24, 2.45) is 0 Å². The smallest absolute Gasteiger partial charge is 0.416 e. The normalized spacial score (nSPS) is 12.5. The number of aliphatic carboxylic acids is 1. The highest BCUT2D eigenvalue weighted by Crippen LogP contribution is 2.29. The molecule has 0 atom stereocenters. The van der Waals surface area contributed by atoms with Gasteiger partial charge in [0.2, 0.25) is 10.0 Å². The van der Waals surface area contributed by atoms with Crippen molar-refractivity contribution in [3.8, 4) is 0 Å². The van der Waals surface area contributed by atoms with Crippen molar-refractivity contribution in [3.05, 3.63) is 101 Å². The first kappa shape index (κ1) is 27.1. The molecule has 0 aliphatic rings. The molecule has 190 valence electrons. The quantitative estimate of drug-likeness (QED) is 0.336. The van der Waals surface area contributed by atoms with Gasteiger partial charge < -0.3 is 5.11 Å². The second-order valence-electron chi connectivity index (χ2n) is 8.01. The molecule has 1 heterocycles. The zero-order valence-corrected chi connectivity index (χ0v) is 20.0. The molecular weight excluding hydrogens is 493 g/mol. The number of carboxylic acids is 1. The molecule has 0 saturated heterocycles. The summed E-state index contributed by atoms with van der Waals surface area (Å²) < 4.78 is 65.3. The van der Waals surface area contributed by atoms with E-state index < -0.39 is 27.7 Å². The van der Waals surface area contributed by atoms with Crippen LogP contribution < -0.4 is 4.72 Å². The number of benzene rings is 2. The zero-order valence-electron chi connectivity index (χ0n) is 19.2. The summed E-state index contributed by atoms with van der Waals surface area (Å²) in [4.78, 5) is 14.7. The fourth-order valence-electron chi connectivity index (χ4n) is 3.51. The minimum absolute atomic E-state index is 0.0726. The predicted octanol–water partition coefficient (Wildman–Crippen LogP) is 5.31.